The number of phenolic OH excluding ortho intramolecular Hbond substituents is 1. The minimum absolute atomic E-state index is 0.176. The SMILES string of the molecule is CCc1ccc2nc(-c3ccc(N)cc3O)sc2c1. The molecule has 0 unspecified atom stereocenters. The molecule has 3 nitrogen and oxygen atoms in total. The summed E-state index contributed by atoms with van der Waals surface area (Å²) in [4.78, 5) is 4.57. The van der Waals surface area contributed by atoms with Crippen LogP contribution in [0.1, 0.15) is 12.5 Å². The Kier molecular flexibility index (Phi) is 2.87. The lowest BCUT2D eigenvalue weighted by Gasteiger charge is -2.01. The lowest BCUT2D eigenvalue weighted by molar-refractivity contribution is 0.477. The average molecular weight is 270 g/mol. The fourth-order valence-corrected chi connectivity index (χ4v) is 3.10. The lowest BCUT2D eigenvalue weighted by Crippen LogP contribution is -1.85. The van der Waals surface area contributed by atoms with Crippen molar-refractivity contribution >= 4 is 27.2 Å². The maximum atomic E-state index is 9.96. The highest BCUT2D eigenvalue weighted by atomic mass is 32.1. The number of aryl methyl sites for hydroxylation is 1. The zero-order chi connectivity index (χ0) is 13.4. The monoisotopic (exact) mass is 270 g/mol. The van der Waals surface area contributed by atoms with Gasteiger partial charge in [0.1, 0.15) is 10.8 Å². The number of aromatic nitrogens is 1. The third-order valence-electron chi connectivity index (χ3n) is 3.11. The van der Waals surface area contributed by atoms with Crippen LogP contribution in [-0.4, -0.2) is 10.1 Å². The molecule has 1 aromatic heterocycles. The zero-order valence-corrected chi connectivity index (χ0v) is 11.4. The second-order valence-electron chi connectivity index (χ2n) is 4.45. The molecule has 3 N–H and O–H groups in total. The second kappa shape index (κ2) is 4.55. The number of benzene rings is 2. The number of rotatable bonds is 2. The Hall–Kier alpha value is -2.07. The number of phenols is 1. The van der Waals surface area contributed by atoms with E-state index in [2.05, 4.69) is 24.0 Å². The summed E-state index contributed by atoms with van der Waals surface area (Å²) in [5.41, 5.74) is 9.18. The van der Waals surface area contributed by atoms with E-state index in [1.54, 1.807) is 23.5 Å². The molecule has 19 heavy (non-hydrogen) atoms. The van der Waals surface area contributed by atoms with Gasteiger partial charge in [0.15, 0.2) is 0 Å². The molecule has 0 aliphatic heterocycles. The Morgan fingerprint density at radius 2 is 2.05 bits per heavy atom. The molecule has 0 spiro atoms. The molecule has 96 valence electrons. The van der Waals surface area contributed by atoms with Gasteiger partial charge in [0.25, 0.3) is 0 Å². The summed E-state index contributed by atoms with van der Waals surface area (Å²) in [5, 5.41) is 10.8. The standard InChI is InChI=1S/C15H14N2OS/c1-2-9-3-6-12-14(7-9)19-15(17-12)11-5-4-10(16)8-13(11)18/h3-8,18H,2,16H2,1H3. The first-order chi connectivity index (χ1) is 9.17. The maximum Gasteiger partial charge on any atom is 0.128 e. The van der Waals surface area contributed by atoms with E-state index in [0.717, 1.165) is 27.2 Å². The number of nitrogen functional groups attached to an aromatic ring is 1. The van der Waals surface area contributed by atoms with Gasteiger partial charge in [-0.3, -0.25) is 0 Å². The number of anilines is 1. The van der Waals surface area contributed by atoms with Crippen LogP contribution < -0.4 is 5.73 Å². The summed E-state index contributed by atoms with van der Waals surface area (Å²) in [6, 6.07) is 11.4. The molecule has 3 aromatic rings. The zero-order valence-electron chi connectivity index (χ0n) is 10.6. The van der Waals surface area contributed by atoms with Gasteiger partial charge in [-0.15, -0.1) is 11.3 Å². The number of thiazole rings is 1. The molecule has 0 aliphatic rings. The highest BCUT2D eigenvalue weighted by Crippen LogP contribution is 2.36. The predicted octanol–water partition coefficient (Wildman–Crippen LogP) is 3.81. The molecule has 0 fully saturated rings. The van der Waals surface area contributed by atoms with Crippen molar-refractivity contribution < 1.29 is 5.11 Å². The molecule has 0 saturated heterocycles. The van der Waals surface area contributed by atoms with Crippen LogP contribution in [0.5, 0.6) is 5.75 Å². The van der Waals surface area contributed by atoms with Crippen molar-refractivity contribution in [1.29, 1.82) is 0 Å². The van der Waals surface area contributed by atoms with E-state index in [1.165, 1.54) is 5.56 Å². The quantitative estimate of drug-likeness (QED) is 0.696. The first-order valence-electron chi connectivity index (χ1n) is 6.15. The molecule has 0 radical (unpaired) electrons. The molecular weight excluding hydrogens is 256 g/mol. The van der Waals surface area contributed by atoms with E-state index in [9.17, 15) is 5.11 Å². The van der Waals surface area contributed by atoms with Crippen LogP contribution in [0.4, 0.5) is 5.69 Å². The molecule has 4 heteroatoms. The van der Waals surface area contributed by atoms with Crippen LogP contribution in [0.25, 0.3) is 20.8 Å². The molecule has 0 aliphatic carbocycles. The van der Waals surface area contributed by atoms with Gasteiger partial charge in [-0.25, -0.2) is 4.98 Å². The largest absolute Gasteiger partial charge is 0.507 e. The third-order valence-corrected chi connectivity index (χ3v) is 4.16. The first kappa shape index (κ1) is 12.0. The Morgan fingerprint density at radius 1 is 1.21 bits per heavy atom. The van der Waals surface area contributed by atoms with Crippen LogP contribution in [0.3, 0.4) is 0 Å². The number of hydrogen-bond acceptors (Lipinski definition) is 4. The van der Waals surface area contributed by atoms with Gasteiger partial charge in [0, 0.05) is 11.8 Å². The van der Waals surface area contributed by atoms with Crippen LogP contribution in [-0.2, 0) is 6.42 Å². The molecule has 1 heterocycles. The van der Waals surface area contributed by atoms with Gasteiger partial charge < -0.3 is 10.8 Å². The average Bonchev–Trinajstić information content (AvgIpc) is 2.80. The van der Waals surface area contributed by atoms with Crippen LogP contribution in [0, 0.1) is 0 Å². The molecule has 2 aromatic carbocycles. The number of hydrogen-bond donors (Lipinski definition) is 2. The number of nitrogens with two attached hydrogens (primary N) is 1. The van der Waals surface area contributed by atoms with Gasteiger partial charge in [0.2, 0.25) is 0 Å². The summed E-state index contributed by atoms with van der Waals surface area (Å²) in [6.07, 6.45) is 1.01. The van der Waals surface area contributed by atoms with Crippen LogP contribution in [0.2, 0.25) is 0 Å². The highest BCUT2D eigenvalue weighted by Gasteiger charge is 2.10. The highest BCUT2D eigenvalue weighted by molar-refractivity contribution is 7.21. The number of nitrogens with zero attached hydrogens (tertiary/aromatic N) is 1. The minimum Gasteiger partial charge on any atom is -0.507 e. The molecule has 0 atom stereocenters. The fraction of sp³-hybridized carbons (Fsp3) is 0.133. The van der Waals surface area contributed by atoms with Crippen molar-refractivity contribution in [2.45, 2.75) is 13.3 Å². The summed E-state index contributed by atoms with van der Waals surface area (Å²) < 4.78 is 1.14. The lowest BCUT2D eigenvalue weighted by atomic mass is 10.1. The molecule has 0 saturated carbocycles. The van der Waals surface area contributed by atoms with Gasteiger partial charge >= 0.3 is 0 Å². The van der Waals surface area contributed by atoms with E-state index < -0.39 is 0 Å². The Morgan fingerprint density at radius 3 is 2.79 bits per heavy atom. The van der Waals surface area contributed by atoms with E-state index in [-0.39, 0.29) is 5.75 Å². The molecule has 0 amide bonds. The van der Waals surface area contributed by atoms with Crippen molar-refractivity contribution in [3.8, 4) is 16.3 Å². The van der Waals surface area contributed by atoms with E-state index in [0.29, 0.717) is 5.69 Å². The smallest absolute Gasteiger partial charge is 0.128 e. The second-order valence-corrected chi connectivity index (χ2v) is 5.48. The Labute approximate surface area is 115 Å². The molecule has 0 bridgehead atoms. The number of aromatic hydroxyl groups is 1. The molecule has 3 rings (SSSR count). The summed E-state index contributed by atoms with van der Waals surface area (Å²) in [7, 11) is 0. The van der Waals surface area contributed by atoms with E-state index in [1.807, 2.05) is 12.1 Å². The van der Waals surface area contributed by atoms with Crippen LogP contribution in [0.15, 0.2) is 36.4 Å². The van der Waals surface area contributed by atoms with Gasteiger partial charge in [-0.1, -0.05) is 13.0 Å². The first-order valence-corrected chi connectivity index (χ1v) is 6.97. The Bertz CT molecular complexity index is 749. The van der Waals surface area contributed by atoms with E-state index >= 15 is 0 Å². The molecular formula is C15H14N2OS. The maximum absolute atomic E-state index is 9.96. The predicted molar refractivity (Wildman–Crippen MR) is 80.5 cm³/mol. The van der Waals surface area contributed by atoms with Crippen molar-refractivity contribution in [2.24, 2.45) is 0 Å². The normalized spacial score (nSPS) is 11.0. The summed E-state index contributed by atoms with van der Waals surface area (Å²) in [5.74, 6) is 0.176. The number of fused-ring (bicyclic) bond motifs is 1. The van der Waals surface area contributed by atoms with Gasteiger partial charge in [0.05, 0.1) is 15.8 Å². The summed E-state index contributed by atoms with van der Waals surface area (Å²) in [6.45, 7) is 2.13. The third kappa shape index (κ3) is 2.15. The van der Waals surface area contributed by atoms with Crippen molar-refractivity contribution in [3.63, 3.8) is 0 Å². The van der Waals surface area contributed by atoms with Crippen molar-refractivity contribution in [1.82, 2.24) is 4.98 Å². The van der Waals surface area contributed by atoms with Crippen LogP contribution >= 0.6 is 11.3 Å². The Balaban J connectivity index is 2.14. The fourth-order valence-electron chi connectivity index (χ4n) is 2.03. The van der Waals surface area contributed by atoms with E-state index in [4.69, 9.17) is 5.73 Å². The summed E-state index contributed by atoms with van der Waals surface area (Å²) >= 11 is 1.59. The van der Waals surface area contributed by atoms with Gasteiger partial charge in [-0.05, 0) is 36.2 Å². The topological polar surface area (TPSA) is 59.1 Å². The minimum atomic E-state index is 0.176. The van der Waals surface area contributed by atoms with Crippen molar-refractivity contribution in [2.75, 3.05) is 5.73 Å². The van der Waals surface area contributed by atoms with Gasteiger partial charge in [-0.2, -0.15) is 0 Å². The van der Waals surface area contributed by atoms with Crippen molar-refractivity contribution in [3.05, 3.63) is 42.0 Å².